The van der Waals surface area contributed by atoms with Crippen molar-refractivity contribution >= 4 is 22.1 Å². The van der Waals surface area contributed by atoms with Crippen LogP contribution in [-0.4, -0.2) is 39.8 Å². The van der Waals surface area contributed by atoms with Crippen molar-refractivity contribution in [3.63, 3.8) is 0 Å². The summed E-state index contributed by atoms with van der Waals surface area (Å²) >= 11 is 0. The SMILES string of the molecule is CCOc1cc2c(cc1/C=N\NC(=O)CNS(=O)(=O)c1ccccc1)O[C@@H](C)C2. The molecular weight excluding hydrogens is 394 g/mol. The van der Waals surface area contributed by atoms with E-state index in [0.717, 1.165) is 17.7 Å². The van der Waals surface area contributed by atoms with Crippen LogP contribution in [0.5, 0.6) is 11.5 Å². The van der Waals surface area contributed by atoms with E-state index in [-0.39, 0.29) is 11.0 Å². The number of hydrogen-bond acceptors (Lipinski definition) is 6. The lowest BCUT2D eigenvalue weighted by atomic mass is 10.1. The summed E-state index contributed by atoms with van der Waals surface area (Å²) in [6.07, 6.45) is 2.36. The van der Waals surface area contributed by atoms with Crippen LogP contribution >= 0.6 is 0 Å². The van der Waals surface area contributed by atoms with Crippen LogP contribution in [0.15, 0.2) is 52.5 Å². The Kier molecular flexibility index (Phi) is 6.50. The highest BCUT2D eigenvalue weighted by molar-refractivity contribution is 7.89. The van der Waals surface area contributed by atoms with Crippen molar-refractivity contribution in [3.8, 4) is 11.5 Å². The van der Waals surface area contributed by atoms with Gasteiger partial charge in [0.05, 0.1) is 24.3 Å². The van der Waals surface area contributed by atoms with Crippen LogP contribution < -0.4 is 19.6 Å². The zero-order chi connectivity index (χ0) is 20.9. The monoisotopic (exact) mass is 417 g/mol. The molecule has 0 unspecified atom stereocenters. The molecule has 9 heteroatoms. The summed E-state index contributed by atoms with van der Waals surface area (Å²) in [5.41, 5.74) is 4.03. The van der Waals surface area contributed by atoms with Gasteiger partial charge in [-0.05, 0) is 38.1 Å². The van der Waals surface area contributed by atoms with Gasteiger partial charge in [-0.1, -0.05) is 18.2 Å². The largest absolute Gasteiger partial charge is 0.493 e. The van der Waals surface area contributed by atoms with Crippen LogP contribution in [0.4, 0.5) is 0 Å². The van der Waals surface area contributed by atoms with Crippen molar-refractivity contribution in [3.05, 3.63) is 53.6 Å². The molecule has 154 valence electrons. The number of rotatable bonds is 8. The second-order valence-corrected chi connectivity index (χ2v) is 8.26. The number of carbonyl (C=O) groups excluding carboxylic acids is 1. The van der Waals surface area contributed by atoms with Crippen molar-refractivity contribution < 1.29 is 22.7 Å². The number of nitrogens with one attached hydrogen (secondary N) is 2. The molecule has 1 amide bonds. The van der Waals surface area contributed by atoms with Crippen molar-refractivity contribution in [2.75, 3.05) is 13.2 Å². The normalized spacial score (nSPS) is 15.7. The minimum absolute atomic E-state index is 0.0880. The minimum atomic E-state index is -3.76. The third-order valence-electron chi connectivity index (χ3n) is 4.20. The maximum atomic E-state index is 12.1. The van der Waals surface area contributed by atoms with E-state index in [4.69, 9.17) is 9.47 Å². The summed E-state index contributed by atoms with van der Waals surface area (Å²) in [4.78, 5) is 12.0. The summed E-state index contributed by atoms with van der Waals surface area (Å²) in [6.45, 7) is 3.93. The fraction of sp³-hybridized carbons (Fsp3) is 0.300. The van der Waals surface area contributed by atoms with E-state index in [1.54, 1.807) is 18.2 Å². The summed E-state index contributed by atoms with van der Waals surface area (Å²) in [7, 11) is -3.76. The van der Waals surface area contributed by atoms with E-state index in [1.807, 2.05) is 26.0 Å². The topological polar surface area (TPSA) is 106 Å². The Balaban J connectivity index is 1.61. The summed E-state index contributed by atoms with van der Waals surface area (Å²) in [5, 5.41) is 3.91. The van der Waals surface area contributed by atoms with E-state index in [1.165, 1.54) is 18.3 Å². The number of fused-ring (bicyclic) bond motifs is 1. The van der Waals surface area contributed by atoms with E-state index in [9.17, 15) is 13.2 Å². The van der Waals surface area contributed by atoms with Crippen molar-refractivity contribution in [2.24, 2.45) is 5.10 Å². The predicted octanol–water partition coefficient (Wildman–Crippen LogP) is 1.84. The lowest BCUT2D eigenvalue weighted by Crippen LogP contribution is -2.34. The Morgan fingerprint density at radius 1 is 1.31 bits per heavy atom. The van der Waals surface area contributed by atoms with Gasteiger partial charge in [0.25, 0.3) is 5.91 Å². The molecule has 0 fully saturated rings. The first kappa shape index (κ1) is 20.8. The molecule has 1 aliphatic heterocycles. The van der Waals surface area contributed by atoms with E-state index >= 15 is 0 Å². The average molecular weight is 417 g/mol. The molecular formula is C20H23N3O5S. The van der Waals surface area contributed by atoms with E-state index in [2.05, 4.69) is 15.2 Å². The van der Waals surface area contributed by atoms with E-state index in [0.29, 0.717) is 17.9 Å². The Labute approximate surface area is 170 Å². The number of ether oxygens (including phenoxy) is 2. The fourth-order valence-electron chi connectivity index (χ4n) is 2.89. The molecule has 2 N–H and O–H groups in total. The second kappa shape index (κ2) is 9.06. The van der Waals surface area contributed by atoms with Gasteiger partial charge >= 0.3 is 0 Å². The molecule has 1 aliphatic rings. The Bertz CT molecular complexity index is 1010. The molecule has 0 spiro atoms. The third kappa shape index (κ3) is 5.33. The maximum absolute atomic E-state index is 12.1. The molecule has 1 heterocycles. The molecule has 0 saturated heterocycles. The van der Waals surface area contributed by atoms with Gasteiger partial charge in [-0.3, -0.25) is 4.79 Å². The first-order chi connectivity index (χ1) is 13.9. The standard InChI is InChI=1S/C20H23N3O5S/c1-3-27-18-10-15-9-14(2)28-19(15)11-16(18)12-21-23-20(24)13-22-29(25,26)17-7-5-4-6-8-17/h4-8,10-12,14,22H,3,9,13H2,1-2H3,(H,23,24)/b21-12-/t14-/m0/s1. The number of nitrogens with zero attached hydrogens (tertiary/aromatic N) is 1. The van der Waals surface area contributed by atoms with Crippen LogP contribution in [0.25, 0.3) is 0 Å². The summed E-state index contributed by atoms with van der Waals surface area (Å²) in [5.74, 6) is 0.820. The van der Waals surface area contributed by atoms with Gasteiger partial charge < -0.3 is 9.47 Å². The molecule has 2 aromatic carbocycles. The zero-order valence-corrected chi connectivity index (χ0v) is 17.0. The van der Waals surface area contributed by atoms with Crippen LogP contribution in [0.2, 0.25) is 0 Å². The molecule has 0 bridgehead atoms. The Morgan fingerprint density at radius 2 is 2.07 bits per heavy atom. The first-order valence-corrected chi connectivity index (χ1v) is 10.7. The van der Waals surface area contributed by atoms with Gasteiger partial charge in [0.15, 0.2) is 0 Å². The number of amides is 1. The highest BCUT2D eigenvalue weighted by Gasteiger charge is 2.21. The van der Waals surface area contributed by atoms with Gasteiger partial charge in [-0.25, -0.2) is 18.6 Å². The Morgan fingerprint density at radius 3 is 2.79 bits per heavy atom. The first-order valence-electron chi connectivity index (χ1n) is 9.22. The minimum Gasteiger partial charge on any atom is -0.493 e. The van der Waals surface area contributed by atoms with Crippen LogP contribution in [-0.2, 0) is 21.2 Å². The number of hydrazone groups is 1. The van der Waals surface area contributed by atoms with Gasteiger partial charge in [-0.2, -0.15) is 5.10 Å². The van der Waals surface area contributed by atoms with Crippen LogP contribution in [0.3, 0.4) is 0 Å². The molecule has 0 radical (unpaired) electrons. The lowest BCUT2D eigenvalue weighted by molar-refractivity contribution is -0.119. The second-order valence-electron chi connectivity index (χ2n) is 6.49. The number of benzene rings is 2. The molecule has 29 heavy (non-hydrogen) atoms. The molecule has 0 aromatic heterocycles. The quantitative estimate of drug-likeness (QED) is 0.504. The van der Waals surface area contributed by atoms with Crippen molar-refractivity contribution in [1.82, 2.24) is 10.1 Å². The number of sulfonamides is 1. The lowest BCUT2D eigenvalue weighted by Gasteiger charge is -2.09. The van der Waals surface area contributed by atoms with Gasteiger partial charge in [0.1, 0.15) is 17.6 Å². The zero-order valence-electron chi connectivity index (χ0n) is 16.2. The number of carbonyl (C=O) groups is 1. The molecule has 1 atom stereocenters. The van der Waals surface area contributed by atoms with Crippen LogP contribution in [0, 0.1) is 0 Å². The molecule has 3 rings (SSSR count). The highest BCUT2D eigenvalue weighted by Crippen LogP contribution is 2.34. The average Bonchev–Trinajstić information content (AvgIpc) is 3.06. The van der Waals surface area contributed by atoms with Gasteiger partial charge in [0, 0.05) is 17.5 Å². The van der Waals surface area contributed by atoms with Gasteiger partial charge in [0.2, 0.25) is 10.0 Å². The van der Waals surface area contributed by atoms with E-state index < -0.39 is 22.5 Å². The van der Waals surface area contributed by atoms with Crippen molar-refractivity contribution in [2.45, 2.75) is 31.3 Å². The maximum Gasteiger partial charge on any atom is 0.255 e. The Hall–Kier alpha value is -2.91. The summed E-state index contributed by atoms with van der Waals surface area (Å²) < 4.78 is 37.9. The molecule has 2 aromatic rings. The molecule has 0 saturated carbocycles. The highest BCUT2D eigenvalue weighted by atomic mass is 32.2. The third-order valence-corrected chi connectivity index (χ3v) is 5.61. The van der Waals surface area contributed by atoms with Crippen molar-refractivity contribution in [1.29, 1.82) is 0 Å². The van der Waals surface area contributed by atoms with Crippen LogP contribution in [0.1, 0.15) is 25.0 Å². The fourth-order valence-corrected chi connectivity index (χ4v) is 3.90. The van der Waals surface area contributed by atoms with Gasteiger partial charge in [-0.15, -0.1) is 0 Å². The number of hydrogen-bond donors (Lipinski definition) is 2. The smallest absolute Gasteiger partial charge is 0.255 e. The predicted molar refractivity (Wildman–Crippen MR) is 109 cm³/mol. The molecule has 8 nitrogen and oxygen atoms in total. The summed E-state index contributed by atoms with van der Waals surface area (Å²) in [6, 6.07) is 11.6. The molecule has 0 aliphatic carbocycles.